The average Bonchev–Trinajstić information content (AvgIpc) is 2.84. The van der Waals surface area contributed by atoms with E-state index in [9.17, 15) is 14.9 Å². The molecule has 1 aromatic carbocycles. The van der Waals surface area contributed by atoms with Gasteiger partial charge in [0.2, 0.25) is 0 Å². The summed E-state index contributed by atoms with van der Waals surface area (Å²) >= 11 is 0. The minimum Gasteiger partial charge on any atom is -0.444 e. The number of amides is 1. The van der Waals surface area contributed by atoms with Crippen molar-refractivity contribution in [3.63, 3.8) is 0 Å². The predicted octanol–water partition coefficient (Wildman–Crippen LogP) is 3.01. The maximum Gasteiger partial charge on any atom is 0.407 e. The monoisotopic (exact) mass is 318 g/mol. The number of nitro benzene ring substituents is 1. The maximum absolute atomic E-state index is 11.5. The lowest BCUT2D eigenvalue weighted by molar-refractivity contribution is -0.384. The lowest BCUT2D eigenvalue weighted by Crippen LogP contribution is -2.32. The van der Waals surface area contributed by atoms with Gasteiger partial charge < -0.3 is 10.1 Å². The Balaban J connectivity index is 1.99. The number of benzene rings is 1. The summed E-state index contributed by atoms with van der Waals surface area (Å²) in [5, 5.41) is 20.9. The molecule has 2 N–H and O–H groups in total. The van der Waals surface area contributed by atoms with Crippen molar-refractivity contribution in [2.45, 2.75) is 26.4 Å². The fourth-order valence-corrected chi connectivity index (χ4v) is 1.90. The third-order valence-electron chi connectivity index (χ3n) is 2.83. The molecule has 0 radical (unpaired) electrons. The zero-order valence-electron chi connectivity index (χ0n) is 13.1. The highest BCUT2D eigenvalue weighted by Gasteiger charge is 2.15. The Labute approximate surface area is 132 Å². The van der Waals surface area contributed by atoms with Gasteiger partial charge in [0, 0.05) is 24.1 Å². The van der Waals surface area contributed by atoms with Gasteiger partial charge in [-0.05, 0) is 32.9 Å². The van der Waals surface area contributed by atoms with Gasteiger partial charge in [-0.1, -0.05) is 6.08 Å². The maximum atomic E-state index is 11.5. The second-order valence-corrected chi connectivity index (χ2v) is 5.88. The summed E-state index contributed by atoms with van der Waals surface area (Å²) in [6, 6.07) is 4.49. The van der Waals surface area contributed by atoms with E-state index in [1.165, 1.54) is 12.1 Å². The van der Waals surface area contributed by atoms with Crippen molar-refractivity contribution in [1.82, 2.24) is 15.5 Å². The fourth-order valence-electron chi connectivity index (χ4n) is 1.90. The quantitative estimate of drug-likeness (QED) is 0.665. The first-order chi connectivity index (χ1) is 10.8. The van der Waals surface area contributed by atoms with Gasteiger partial charge >= 0.3 is 6.09 Å². The number of alkyl carbamates (subject to hydrolysis) is 1. The summed E-state index contributed by atoms with van der Waals surface area (Å²) in [7, 11) is 0. The molecule has 1 heterocycles. The molecule has 8 nitrogen and oxygen atoms in total. The molecule has 8 heteroatoms. The Morgan fingerprint density at radius 2 is 2.22 bits per heavy atom. The summed E-state index contributed by atoms with van der Waals surface area (Å²) in [4.78, 5) is 21.8. The van der Waals surface area contributed by atoms with Crippen LogP contribution in [0.25, 0.3) is 17.0 Å². The molecule has 2 aromatic rings. The molecule has 0 aliphatic heterocycles. The Kier molecular flexibility index (Phi) is 4.63. The van der Waals surface area contributed by atoms with E-state index in [0.29, 0.717) is 11.2 Å². The molecule has 122 valence electrons. The van der Waals surface area contributed by atoms with E-state index in [0.717, 1.165) is 5.39 Å². The van der Waals surface area contributed by atoms with Crippen LogP contribution >= 0.6 is 0 Å². The first kappa shape index (κ1) is 16.5. The number of aromatic amines is 1. The first-order valence-corrected chi connectivity index (χ1v) is 7.02. The van der Waals surface area contributed by atoms with Crippen molar-refractivity contribution in [2.75, 3.05) is 6.54 Å². The zero-order chi connectivity index (χ0) is 17.0. The smallest absolute Gasteiger partial charge is 0.407 e. The number of carbonyl (C=O) groups is 1. The number of nitrogens with zero attached hydrogens (tertiary/aromatic N) is 2. The number of hydrogen-bond donors (Lipinski definition) is 2. The van der Waals surface area contributed by atoms with Crippen LogP contribution in [0, 0.1) is 10.1 Å². The van der Waals surface area contributed by atoms with Gasteiger partial charge in [0.05, 0.1) is 16.1 Å². The van der Waals surface area contributed by atoms with E-state index < -0.39 is 16.6 Å². The number of nitrogens with one attached hydrogen (secondary N) is 2. The van der Waals surface area contributed by atoms with Crippen molar-refractivity contribution in [2.24, 2.45) is 0 Å². The average molecular weight is 318 g/mol. The molecule has 2 rings (SSSR count). The summed E-state index contributed by atoms with van der Waals surface area (Å²) in [6.07, 6.45) is 2.95. The molecule has 0 saturated carbocycles. The third-order valence-corrected chi connectivity index (χ3v) is 2.83. The fraction of sp³-hybridized carbons (Fsp3) is 0.333. The number of fused-ring (bicyclic) bond motifs is 1. The van der Waals surface area contributed by atoms with Gasteiger partial charge in [-0.2, -0.15) is 5.10 Å². The van der Waals surface area contributed by atoms with Gasteiger partial charge in [-0.15, -0.1) is 0 Å². The molecule has 0 aliphatic carbocycles. The minimum atomic E-state index is -0.541. The van der Waals surface area contributed by atoms with E-state index in [1.54, 1.807) is 39.0 Å². The van der Waals surface area contributed by atoms with Gasteiger partial charge in [0.1, 0.15) is 5.60 Å². The standard InChI is InChI=1S/C15H18N4O4/c1-15(2,3)23-14(20)16-8-4-5-12-11-7-6-10(19(21)22)9-13(11)18-17-12/h4-7,9H,8H2,1-3H3,(H,16,20)(H,17,18). The van der Waals surface area contributed by atoms with Crippen LogP contribution in [-0.4, -0.2) is 33.4 Å². The number of aromatic nitrogens is 2. The van der Waals surface area contributed by atoms with Gasteiger partial charge in [-0.25, -0.2) is 4.79 Å². The van der Waals surface area contributed by atoms with Gasteiger partial charge in [-0.3, -0.25) is 15.2 Å². The predicted molar refractivity (Wildman–Crippen MR) is 86.0 cm³/mol. The van der Waals surface area contributed by atoms with Crippen LogP contribution in [0.4, 0.5) is 10.5 Å². The van der Waals surface area contributed by atoms with Crippen LogP contribution in [0.15, 0.2) is 24.3 Å². The third kappa shape index (κ3) is 4.53. The summed E-state index contributed by atoms with van der Waals surface area (Å²) in [5.41, 5.74) is 0.684. The van der Waals surface area contributed by atoms with E-state index >= 15 is 0 Å². The molecular formula is C15H18N4O4. The van der Waals surface area contributed by atoms with Crippen LogP contribution in [0.5, 0.6) is 0 Å². The van der Waals surface area contributed by atoms with Crippen molar-refractivity contribution in [3.8, 4) is 0 Å². The summed E-state index contributed by atoms with van der Waals surface area (Å²) in [6.45, 7) is 5.66. The number of rotatable bonds is 4. The normalized spacial score (nSPS) is 11.8. The molecule has 0 saturated heterocycles. The first-order valence-electron chi connectivity index (χ1n) is 7.02. The second-order valence-electron chi connectivity index (χ2n) is 5.88. The van der Waals surface area contributed by atoms with Crippen molar-refractivity contribution in [3.05, 3.63) is 40.1 Å². The molecule has 0 atom stereocenters. The number of ether oxygens (including phenoxy) is 1. The number of nitro groups is 1. The zero-order valence-corrected chi connectivity index (χ0v) is 13.1. The van der Waals surface area contributed by atoms with Crippen LogP contribution < -0.4 is 5.32 Å². The molecule has 1 amide bonds. The molecule has 1 aromatic heterocycles. The largest absolute Gasteiger partial charge is 0.444 e. The highest BCUT2D eigenvalue weighted by atomic mass is 16.6. The van der Waals surface area contributed by atoms with Crippen molar-refractivity contribution < 1.29 is 14.5 Å². The molecule has 0 bridgehead atoms. The molecular weight excluding hydrogens is 300 g/mol. The van der Waals surface area contributed by atoms with E-state index in [4.69, 9.17) is 4.74 Å². The van der Waals surface area contributed by atoms with E-state index in [1.807, 2.05) is 0 Å². The minimum absolute atomic E-state index is 0.00303. The topological polar surface area (TPSA) is 110 Å². The number of non-ortho nitro benzene ring substituents is 1. The van der Waals surface area contributed by atoms with Crippen molar-refractivity contribution in [1.29, 1.82) is 0 Å². The summed E-state index contributed by atoms with van der Waals surface area (Å²) in [5.74, 6) is 0. The van der Waals surface area contributed by atoms with Crippen LogP contribution in [0.1, 0.15) is 26.5 Å². The lowest BCUT2D eigenvalue weighted by Gasteiger charge is -2.19. The Bertz CT molecular complexity index is 758. The van der Waals surface area contributed by atoms with Crippen molar-refractivity contribution >= 4 is 28.8 Å². The molecule has 0 aliphatic rings. The molecule has 0 spiro atoms. The number of hydrogen-bond acceptors (Lipinski definition) is 5. The highest BCUT2D eigenvalue weighted by molar-refractivity contribution is 5.88. The van der Waals surface area contributed by atoms with Gasteiger partial charge in [0.15, 0.2) is 0 Å². The number of carbonyl (C=O) groups excluding carboxylic acids is 1. The van der Waals surface area contributed by atoms with Gasteiger partial charge in [0.25, 0.3) is 5.69 Å². The van der Waals surface area contributed by atoms with E-state index in [-0.39, 0.29) is 12.2 Å². The summed E-state index contributed by atoms with van der Waals surface area (Å²) < 4.78 is 5.11. The Morgan fingerprint density at radius 1 is 1.48 bits per heavy atom. The van der Waals surface area contributed by atoms with E-state index in [2.05, 4.69) is 15.5 Å². The molecule has 23 heavy (non-hydrogen) atoms. The lowest BCUT2D eigenvalue weighted by atomic mass is 10.2. The SMILES string of the molecule is CC(C)(C)OC(=O)NCC=Cc1n[nH]c2cc([N+](=O)[O-])ccc12. The van der Waals surface area contributed by atoms with Crippen LogP contribution in [0.2, 0.25) is 0 Å². The molecule has 0 fully saturated rings. The van der Waals surface area contributed by atoms with Crippen LogP contribution in [0.3, 0.4) is 0 Å². The Hall–Kier alpha value is -2.90. The number of H-pyrrole nitrogens is 1. The van der Waals surface area contributed by atoms with Crippen LogP contribution in [-0.2, 0) is 4.74 Å². The molecule has 0 unspecified atom stereocenters. The highest BCUT2D eigenvalue weighted by Crippen LogP contribution is 2.22. The Morgan fingerprint density at radius 3 is 2.87 bits per heavy atom. The second kappa shape index (κ2) is 6.47.